The van der Waals surface area contributed by atoms with Gasteiger partial charge in [-0.15, -0.1) is 0 Å². The largest absolute Gasteiger partial charge is 0.544 e. The number of carbonyl (C=O) groups is 3. The third kappa shape index (κ3) is 32.4. The number of esters is 2. The van der Waals surface area contributed by atoms with Crippen LogP contribution in [-0.2, 0) is 28.6 Å². The first-order chi connectivity index (χ1) is 24.6. The van der Waals surface area contributed by atoms with Gasteiger partial charge in [-0.25, -0.2) is 0 Å². The van der Waals surface area contributed by atoms with E-state index in [1.54, 1.807) is 27.2 Å². The van der Waals surface area contributed by atoms with Crippen LogP contribution in [0.2, 0.25) is 0 Å². The lowest BCUT2D eigenvalue weighted by atomic mass is 10.1. The lowest BCUT2D eigenvalue weighted by Crippen LogP contribution is -2.55. The van der Waals surface area contributed by atoms with Crippen molar-refractivity contribution in [3.8, 4) is 0 Å². The van der Waals surface area contributed by atoms with Gasteiger partial charge in [0, 0.05) is 12.8 Å². The molecule has 8 heteroatoms. The quantitative estimate of drug-likeness (QED) is 0.0221. The van der Waals surface area contributed by atoms with E-state index in [1.807, 2.05) is 12.2 Å². The number of carboxylic acids is 1. The van der Waals surface area contributed by atoms with Crippen LogP contribution in [0.25, 0.3) is 0 Å². The predicted octanol–water partition coefficient (Wildman–Crippen LogP) is 8.68. The van der Waals surface area contributed by atoms with E-state index in [1.165, 1.54) is 32.1 Å². The SMILES string of the molecule is CC/C=C/C/C=C/C/C=C/CC(=O)OCC(COCCC(C(=O)[O-])[N+](C)(C)C)OC(=O)CCCCCCC/C=C/C=C/C=C/CCCCCCC. The molecule has 0 bridgehead atoms. The van der Waals surface area contributed by atoms with Crippen LogP contribution in [0, 0.1) is 0 Å². The van der Waals surface area contributed by atoms with Crippen LogP contribution in [0.15, 0.2) is 72.9 Å². The molecular weight excluding hydrogens is 642 g/mol. The van der Waals surface area contributed by atoms with E-state index in [-0.39, 0.29) is 49.5 Å². The van der Waals surface area contributed by atoms with Crippen LogP contribution >= 0.6 is 0 Å². The van der Waals surface area contributed by atoms with Gasteiger partial charge in [0.15, 0.2) is 6.10 Å². The van der Waals surface area contributed by atoms with Gasteiger partial charge in [0.25, 0.3) is 0 Å². The lowest BCUT2D eigenvalue weighted by Gasteiger charge is -2.34. The van der Waals surface area contributed by atoms with E-state index in [0.717, 1.165) is 64.2 Å². The number of quaternary nitrogens is 1. The van der Waals surface area contributed by atoms with E-state index in [4.69, 9.17) is 14.2 Å². The van der Waals surface area contributed by atoms with Gasteiger partial charge in [-0.2, -0.15) is 0 Å². The van der Waals surface area contributed by atoms with Crippen LogP contribution in [0.5, 0.6) is 0 Å². The summed E-state index contributed by atoms with van der Waals surface area (Å²) in [7, 11) is 5.35. The van der Waals surface area contributed by atoms with Crippen molar-refractivity contribution in [1.82, 2.24) is 0 Å². The Hall–Kier alpha value is -3.23. The van der Waals surface area contributed by atoms with Crippen molar-refractivity contribution >= 4 is 17.9 Å². The molecule has 2 unspecified atom stereocenters. The second kappa shape index (κ2) is 33.9. The Balaban J connectivity index is 4.50. The first kappa shape index (κ1) is 47.8. The molecule has 0 spiro atoms. The highest BCUT2D eigenvalue weighted by molar-refractivity contribution is 5.71. The molecule has 51 heavy (non-hydrogen) atoms. The zero-order chi connectivity index (χ0) is 37.8. The summed E-state index contributed by atoms with van der Waals surface area (Å²) in [6.45, 7) is 4.36. The summed E-state index contributed by atoms with van der Waals surface area (Å²) >= 11 is 0. The van der Waals surface area contributed by atoms with Gasteiger partial charge < -0.3 is 28.6 Å². The second-order valence-corrected chi connectivity index (χ2v) is 13.9. The molecule has 0 N–H and O–H groups in total. The number of unbranched alkanes of at least 4 members (excludes halogenated alkanes) is 10. The summed E-state index contributed by atoms with van der Waals surface area (Å²) in [6.07, 6.45) is 41.1. The molecule has 0 aliphatic carbocycles. The highest BCUT2D eigenvalue weighted by Gasteiger charge is 2.25. The number of ether oxygens (including phenoxy) is 3. The number of allylic oxidation sites excluding steroid dienone is 11. The molecule has 0 heterocycles. The summed E-state index contributed by atoms with van der Waals surface area (Å²) in [5.74, 6) is -1.93. The van der Waals surface area contributed by atoms with Crippen LogP contribution in [0.3, 0.4) is 0 Å². The molecule has 0 saturated heterocycles. The minimum atomic E-state index is -1.14. The van der Waals surface area contributed by atoms with Gasteiger partial charge in [0.05, 0.1) is 46.7 Å². The summed E-state index contributed by atoms with van der Waals surface area (Å²) < 4.78 is 16.9. The Morgan fingerprint density at radius 2 is 1.22 bits per heavy atom. The van der Waals surface area contributed by atoms with Gasteiger partial charge in [-0.3, -0.25) is 9.59 Å². The highest BCUT2D eigenvalue weighted by Crippen LogP contribution is 2.11. The fraction of sp³-hybridized carbons (Fsp3) is 0.651. The number of hydrogen-bond acceptors (Lipinski definition) is 7. The zero-order valence-electron chi connectivity index (χ0n) is 32.7. The van der Waals surface area contributed by atoms with E-state index < -0.39 is 24.1 Å². The van der Waals surface area contributed by atoms with Crippen molar-refractivity contribution in [1.29, 1.82) is 0 Å². The third-order valence-corrected chi connectivity index (χ3v) is 8.17. The van der Waals surface area contributed by atoms with Gasteiger partial charge in [-0.1, -0.05) is 132 Å². The number of carboxylic acid groups (broad SMARTS) is 1. The van der Waals surface area contributed by atoms with Crippen LogP contribution in [-0.4, -0.2) is 75.5 Å². The summed E-state index contributed by atoms with van der Waals surface area (Å²) in [6, 6.07) is -0.743. The van der Waals surface area contributed by atoms with E-state index in [9.17, 15) is 19.5 Å². The monoisotopic (exact) mass is 714 g/mol. The third-order valence-electron chi connectivity index (χ3n) is 8.17. The topological polar surface area (TPSA) is 102 Å². The molecule has 0 aliphatic rings. The molecule has 0 fully saturated rings. The zero-order valence-corrected chi connectivity index (χ0v) is 32.7. The van der Waals surface area contributed by atoms with Gasteiger partial charge >= 0.3 is 11.9 Å². The predicted molar refractivity (Wildman–Crippen MR) is 208 cm³/mol. The maximum Gasteiger partial charge on any atom is 0.309 e. The molecule has 0 aromatic carbocycles. The van der Waals surface area contributed by atoms with Gasteiger partial charge in [-0.05, 0) is 51.4 Å². The van der Waals surface area contributed by atoms with E-state index in [2.05, 4.69) is 68.5 Å². The molecule has 0 aliphatic heterocycles. The summed E-state index contributed by atoms with van der Waals surface area (Å²) in [5, 5.41) is 11.6. The lowest BCUT2D eigenvalue weighted by molar-refractivity contribution is -0.889. The highest BCUT2D eigenvalue weighted by atomic mass is 16.6. The molecular formula is C43H71NO7. The van der Waals surface area contributed by atoms with E-state index in [0.29, 0.717) is 0 Å². The Labute approximate surface area is 311 Å². The molecule has 0 saturated carbocycles. The van der Waals surface area contributed by atoms with Crippen molar-refractivity contribution in [2.75, 3.05) is 41.0 Å². The maximum absolute atomic E-state index is 12.6. The van der Waals surface area contributed by atoms with Crippen molar-refractivity contribution < 1.29 is 38.2 Å². The second-order valence-electron chi connectivity index (χ2n) is 13.9. The first-order valence-corrected chi connectivity index (χ1v) is 19.5. The van der Waals surface area contributed by atoms with Crippen molar-refractivity contribution in [3.63, 3.8) is 0 Å². The van der Waals surface area contributed by atoms with E-state index >= 15 is 0 Å². The molecule has 0 amide bonds. The minimum absolute atomic E-state index is 0.00115. The number of hydrogen-bond donors (Lipinski definition) is 0. The van der Waals surface area contributed by atoms with Crippen molar-refractivity contribution in [2.24, 2.45) is 0 Å². The normalized spacial score (nSPS) is 13.8. The average molecular weight is 714 g/mol. The van der Waals surface area contributed by atoms with Gasteiger partial charge in [0.1, 0.15) is 12.6 Å². The number of aliphatic carboxylic acids is 1. The minimum Gasteiger partial charge on any atom is -0.544 e. The average Bonchev–Trinajstić information content (AvgIpc) is 3.08. The number of likely N-dealkylation sites (N-methyl/N-ethyl adjacent to an activating group) is 1. The summed E-state index contributed by atoms with van der Waals surface area (Å²) in [4.78, 5) is 36.5. The molecule has 8 nitrogen and oxygen atoms in total. The van der Waals surface area contributed by atoms with Crippen LogP contribution in [0.4, 0.5) is 0 Å². The number of rotatable bonds is 33. The summed E-state index contributed by atoms with van der Waals surface area (Å²) in [5.41, 5.74) is 0. The van der Waals surface area contributed by atoms with Crippen LogP contribution < -0.4 is 5.11 Å². The maximum atomic E-state index is 12.6. The molecule has 0 radical (unpaired) electrons. The van der Waals surface area contributed by atoms with Crippen LogP contribution in [0.1, 0.15) is 129 Å². The van der Waals surface area contributed by atoms with Crippen molar-refractivity contribution in [3.05, 3.63) is 72.9 Å². The fourth-order valence-corrected chi connectivity index (χ4v) is 5.13. The first-order valence-electron chi connectivity index (χ1n) is 19.5. The molecule has 290 valence electrons. The number of nitrogens with zero attached hydrogens (tertiary/aromatic N) is 1. The number of carbonyl (C=O) groups excluding carboxylic acids is 3. The standard InChI is InChI=1S/C43H71NO7/c1-6-8-10-12-14-16-17-18-19-20-21-22-23-24-26-28-30-32-34-42(46)51-39(37-49-36-35-40(43(47)48)44(3,4)5)38-50-41(45)33-31-29-27-25-15-13-11-9-7-2/h9,11,15,17-22,25,29,31,39-40H,6-8,10,12-14,16,23-24,26-28,30,32-38H2,1-5H3/b11-9+,18-17+,20-19+,22-21+,25-15+,31-29+. The van der Waals surface area contributed by atoms with Gasteiger partial charge in [0.2, 0.25) is 0 Å². The molecule has 2 atom stereocenters. The Kier molecular flexibility index (Phi) is 31.7. The Morgan fingerprint density at radius 1 is 0.647 bits per heavy atom. The molecule has 0 aromatic heterocycles. The molecule has 0 rings (SSSR count). The Morgan fingerprint density at radius 3 is 1.80 bits per heavy atom. The van der Waals surface area contributed by atoms with Crippen molar-refractivity contribution in [2.45, 2.75) is 142 Å². The Bertz CT molecular complexity index is 1060. The fourth-order valence-electron chi connectivity index (χ4n) is 5.13. The molecule has 0 aromatic rings. The smallest absolute Gasteiger partial charge is 0.309 e.